The second-order valence-electron chi connectivity index (χ2n) is 13.1. The van der Waals surface area contributed by atoms with Gasteiger partial charge in [-0.05, 0) is 73.0 Å². The number of carbonyl (C=O) groups excluding carboxylic acids is 2. The van der Waals surface area contributed by atoms with Gasteiger partial charge in [0.05, 0.1) is 6.10 Å². The molecule has 2 aromatic rings. The molecule has 2 aliphatic heterocycles. The molecule has 2 heterocycles. The summed E-state index contributed by atoms with van der Waals surface area (Å²) in [6, 6.07) is 19.1. The Morgan fingerprint density at radius 3 is 2.24 bits per heavy atom. The summed E-state index contributed by atoms with van der Waals surface area (Å²) in [6.07, 6.45) is 8.79. The van der Waals surface area contributed by atoms with Gasteiger partial charge < -0.3 is 15.3 Å². The van der Waals surface area contributed by atoms with Crippen LogP contribution in [-0.4, -0.2) is 64.0 Å². The molecule has 1 spiro atoms. The minimum absolute atomic E-state index is 0.0607. The molecule has 220 valence electrons. The number of hydrogen-bond acceptors (Lipinski definition) is 4. The SMILES string of the molecule is CCCCN1C(=O)[C@@H]([C@H](O)C2CCCCC2)NC(=O)C12CCN(Cc1ccc([C@@H]3C[C@@H]3c3ccccc3)cc1)CC2. The maximum Gasteiger partial charge on any atom is 0.248 e. The lowest BCUT2D eigenvalue weighted by atomic mass is 9.78. The Labute approximate surface area is 245 Å². The van der Waals surface area contributed by atoms with Gasteiger partial charge in [0.1, 0.15) is 11.6 Å². The number of rotatable bonds is 9. The fourth-order valence-corrected chi connectivity index (χ4v) is 7.80. The maximum atomic E-state index is 13.9. The molecular weight excluding hydrogens is 510 g/mol. The number of piperazine rings is 1. The highest BCUT2D eigenvalue weighted by atomic mass is 16.3. The smallest absolute Gasteiger partial charge is 0.248 e. The van der Waals surface area contributed by atoms with Crippen LogP contribution >= 0.6 is 0 Å². The third-order valence-electron chi connectivity index (χ3n) is 10.5. The van der Waals surface area contributed by atoms with Gasteiger partial charge in [0.25, 0.3) is 0 Å². The fraction of sp³-hybridized carbons (Fsp3) is 0.600. The van der Waals surface area contributed by atoms with Crippen LogP contribution in [0.5, 0.6) is 0 Å². The van der Waals surface area contributed by atoms with Gasteiger partial charge in [-0.15, -0.1) is 0 Å². The number of nitrogens with zero attached hydrogens (tertiary/aromatic N) is 2. The first-order valence-corrected chi connectivity index (χ1v) is 16.2. The van der Waals surface area contributed by atoms with Gasteiger partial charge in [0.2, 0.25) is 11.8 Å². The second kappa shape index (κ2) is 12.3. The van der Waals surface area contributed by atoms with Crippen molar-refractivity contribution in [2.45, 2.75) is 107 Å². The van der Waals surface area contributed by atoms with Gasteiger partial charge in [-0.25, -0.2) is 0 Å². The Kier molecular flexibility index (Phi) is 8.50. The molecule has 2 saturated heterocycles. The van der Waals surface area contributed by atoms with Crippen LogP contribution in [0.4, 0.5) is 0 Å². The molecular formula is C35H47N3O3. The van der Waals surface area contributed by atoms with E-state index in [9.17, 15) is 14.7 Å². The number of likely N-dealkylation sites (tertiary alicyclic amines) is 1. The molecule has 2 amide bonds. The largest absolute Gasteiger partial charge is 0.390 e. The van der Waals surface area contributed by atoms with Crippen molar-refractivity contribution in [1.82, 2.24) is 15.1 Å². The Bertz CT molecular complexity index is 1180. The molecule has 41 heavy (non-hydrogen) atoms. The van der Waals surface area contributed by atoms with Crippen molar-refractivity contribution in [3.05, 3.63) is 71.3 Å². The van der Waals surface area contributed by atoms with E-state index in [1.807, 2.05) is 4.90 Å². The van der Waals surface area contributed by atoms with E-state index < -0.39 is 17.7 Å². The summed E-state index contributed by atoms with van der Waals surface area (Å²) in [4.78, 5) is 31.9. The number of nitrogens with one attached hydrogen (secondary N) is 1. The zero-order valence-electron chi connectivity index (χ0n) is 24.6. The zero-order valence-corrected chi connectivity index (χ0v) is 24.6. The van der Waals surface area contributed by atoms with Gasteiger partial charge in [0, 0.05) is 26.2 Å². The molecule has 0 bridgehead atoms. The topological polar surface area (TPSA) is 72.9 Å². The predicted octanol–water partition coefficient (Wildman–Crippen LogP) is 5.36. The van der Waals surface area contributed by atoms with Gasteiger partial charge in [-0.2, -0.15) is 0 Å². The van der Waals surface area contributed by atoms with Crippen molar-refractivity contribution in [3.63, 3.8) is 0 Å². The van der Waals surface area contributed by atoms with Crippen molar-refractivity contribution in [2.24, 2.45) is 5.92 Å². The molecule has 6 heteroatoms. The van der Waals surface area contributed by atoms with Crippen molar-refractivity contribution in [2.75, 3.05) is 19.6 Å². The highest BCUT2D eigenvalue weighted by molar-refractivity contribution is 6.00. The van der Waals surface area contributed by atoms with Crippen molar-refractivity contribution < 1.29 is 14.7 Å². The molecule has 4 fully saturated rings. The molecule has 2 aromatic carbocycles. The molecule has 2 saturated carbocycles. The summed E-state index contributed by atoms with van der Waals surface area (Å²) in [5, 5.41) is 14.2. The van der Waals surface area contributed by atoms with Crippen molar-refractivity contribution in [3.8, 4) is 0 Å². The molecule has 2 N–H and O–H groups in total. The quantitative estimate of drug-likeness (QED) is 0.435. The minimum Gasteiger partial charge on any atom is -0.390 e. The first kappa shape index (κ1) is 28.4. The number of benzene rings is 2. The minimum atomic E-state index is -0.808. The highest BCUT2D eigenvalue weighted by Gasteiger charge is 2.55. The predicted molar refractivity (Wildman–Crippen MR) is 161 cm³/mol. The Morgan fingerprint density at radius 1 is 0.927 bits per heavy atom. The van der Waals surface area contributed by atoms with Gasteiger partial charge in [-0.1, -0.05) is 87.2 Å². The van der Waals surface area contributed by atoms with E-state index in [-0.39, 0.29) is 17.7 Å². The van der Waals surface area contributed by atoms with E-state index in [1.165, 1.54) is 29.5 Å². The number of hydrogen-bond donors (Lipinski definition) is 2. The lowest BCUT2D eigenvalue weighted by molar-refractivity contribution is -0.166. The monoisotopic (exact) mass is 557 g/mol. The zero-order chi connectivity index (χ0) is 28.4. The maximum absolute atomic E-state index is 13.9. The standard InChI is InChI=1S/C35H47N3O3/c1-2-3-20-38-33(40)31(32(39)28-12-8-5-9-13-28)36-34(41)35(38)18-21-37(22-19-35)24-25-14-16-27(17-15-25)30-23-29(30)26-10-6-4-7-11-26/h4,6-7,10-11,14-17,28-32,39H,2-3,5,8-9,12-13,18-24H2,1H3,(H,36,41)/t29-,30+,31-,32-/m1/s1. The molecule has 0 radical (unpaired) electrons. The van der Waals surface area contributed by atoms with Crippen LogP contribution in [0.15, 0.2) is 54.6 Å². The fourth-order valence-electron chi connectivity index (χ4n) is 7.80. The van der Waals surface area contributed by atoms with E-state index in [2.05, 4.69) is 71.7 Å². The van der Waals surface area contributed by atoms with Crippen LogP contribution in [0.2, 0.25) is 0 Å². The summed E-state index contributed by atoms with van der Waals surface area (Å²) in [5.74, 6) is 1.22. The van der Waals surface area contributed by atoms with E-state index in [0.717, 1.165) is 58.2 Å². The van der Waals surface area contributed by atoms with E-state index in [0.29, 0.717) is 31.2 Å². The van der Waals surface area contributed by atoms with Gasteiger partial charge in [0.15, 0.2) is 0 Å². The molecule has 0 aromatic heterocycles. The number of unbranched alkanes of at least 4 members (excludes halogenated alkanes) is 1. The summed E-state index contributed by atoms with van der Waals surface area (Å²) < 4.78 is 0. The summed E-state index contributed by atoms with van der Waals surface area (Å²) in [7, 11) is 0. The Morgan fingerprint density at radius 2 is 1.59 bits per heavy atom. The van der Waals surface area contributed by atoms with Crippen molar-refractivity contribution >= 4 is 11.8 Å². The van der Waals surface area contributed by atoms with E-state index in [4.69, 9.17) is 0 Å². The van der Waals surface area contributed by atoms with Crippen LogP contribution < -0.4 is 5.32 Å². The lowest BCUT2D eigenvalue weighted by Gasteiger charge is -2.52. The van der Waals surface area contributed by atoms with Crippen LogP contribution in [0.3, 0.4) is 0 Å². The summed E-state index contributed by atoms with van der Waals surface area (Å²) in [5.41, 5.74) is 3.36. The number of aliphatic hydroxyl groups is 1. The molecule has 4 aliphatic rings. The number of aliphatic hydroxyl groups excluding tert-OH is 1. The van der Waals surface area contributed by atoms with E-state index in [1.54, 1.807) is 0 Å². The average molecular weight is 558 g/mol. The van der Waals surface area contributed by atoms with Crippen LogP contribution in [0, 0.1) is 5.92 Å². The molecule has 6 nitrogen and oxygen atoms in total. The Hall–Kier alpha value is -2.70. The third kappa shape index (κ3) is 5.83. The van der Waals surface area contributed by atoms with Crippen molar-refractivity contribution in [1.29, 1.82) is 0 Å². The highest BCUT2D eigenvalue weighted by Crippen LogP contribution is 2.54. The van der Waals surface area contributed by atoms with Gasteiger partial charge in [-0.3, -0.25) is 14.5 Å². The van der Waals surface area contributed by atoms with E-state index >= 15 is 0 Å². The second-order valence-corrected chi connectivity index (χ2v) is 13.1. The number of piperidine rings is 1. The van der Waals surface area contributed by atoms with Crippen LogP contribution in [0.25, 0.3) is 0 Å². The normalized spacial score (nSPS) is 27.6. The first-order chi connectivity index (χ1) is 20.0. The van der Waals surface area contributed by atoms with Crippen LogP contribution in [-0.2, 0) is 16.1 Å². The van der Waals surface area contributed by atoms with Crippen LogP contribution in [0.1, 0.15) is 99.7 Å². The van der Waals surface area contributed by atoms with Gasteiger partial charge >= 0.3 is 0 Å². The molecule has 4 atom stereocenters. The number of carbonyl (C=O) groups is 2. The summed E-state index contributed by atoms with van der Waals surface area (Å²) >= 11 is 0. The molecule has 0 unspecified atom stereocenters. The summed E-state index contributed by atoms with van der Waals surface area (Å²) in [6.45, 7) is 5.12. The molecule has 6 rings (SSSR count). The Balaban J connectivity index is 1.08. The number of amides is 2. The average Bonchev–Trinajstić information content (AvgIpc) is 3.82. The molecule has 2 aliphatic carbocycles. The first-order valence-electron chi connectivity index (χ1n) is 16.2. The third-order valence-corrected chi connectivity index (χ3v) is 10.5. The lowest BCUT2D eigenvalue weighted by Crippen LogP contribution is -2.75.